The fourth-order valence-corrected chi connectivity index (χ4v) is 1.92. The van der Waals surface area contributed by atoms with Gasteiger partial charge in [-0.3, -0.25) is 0 Å². The number of benzene rings is 1. The first-order valence-electron chi connectivity index (χ1n) is 6.78. The van der Waals surface area contributed by atoms with Crippen molar-refractivity contribution in [3.05, 3.63) is 42.0 Å². The summed E-state index contributed by atoms with van der Waals surface area (Å²) in [7, 11) is 0. The molecule has 1 aromatic carbocycles. The van der Waals surface area contributed by atoms with Crippen LogP contribution >= 0.6 is 0 Å². The van der Waals surface area contributed by atoms with E-state index in [9.17, 15) is 0 Å². The average Bonchev–Trinajstić information content (AvgIpc) is 2.37. The van der Waals surface area contributed by atoms with Crippen molar-refractivity contribution >= 4 is 5.90 Å². The van der Waals surface area contributed by atoms with Crippen LogP contribution in [-0.2, 0) is 4.74 Å². The third-order valence-electron chi connectivity index (χ3n) is 2.79. The zero-order chi connectivity index (χ0) is 13.7. The molecule has 1 aromatic rings. The van der Waals surface area contributed by atoms with Gasteiger partial charge in [0, 0.05) is 0 Å². The number of nitrogens with zero attached hydrogens (tertiary/aromatic N) is 1. The Morgan fingerprint density at radius 3 is 2.84 bits per heavy atom. The smallest absolute Gasteiger partial charge is 0.223 e. The molecule has 19 heavy (non-hydrogen) atoms. The van der Waals surface area contributed by atoms with Crippen LogP contribution in [0.5, 0.6) is 5.75 Å². The number of unbranched alkanes of at least 4 members (excludes halogenated alkanes) is 1. The summed E-state index contributed by atoms with van der Waals surface area (Å²) in [6, 6.07) is 7.84. The fourth-order valence-electron chi connectivity index (χ4n) is 1.92. The molecule has 1 aliphatic heterocycles. The molecule has 2 rings (SSSR count). The molecule has 3 nitrogen and oxygen atoms in total. The lowest BCUT2D eigenvalue weighted by Crippen LogP contribution is -2.32. The van der Waals surface area contributed by atoms with Crippen LogP contribution in [0, 0.1) is 0 Å². The summed E-state index contributed by atoms with van der Waals surface area (Å²) >= 11 is 0. The SMILES string of the molecule is CCC/C=C/COC1=NC(C)(C)Oc2ccccc21. The van der Waals surface area contributed by atoms with Gasteiger partial charge in [0.05, 0.1) is 5.56 Å². The first-order valence-corrected chi connectivity index (χ1v) is 6.78. The maximum atomic E-state index is 5.81. The molecule has 102 valence electrons. The monoisotopic (exact) mass is 259 g/mol. The van der Waals surface area contributed by atoms with E-state index >= 15 is 0 Å². The molecule has 0 fully saturated rings. The highest BCUT2D eigenvalue weighted by Gasteiger charge is 2.28. The molecule has 0 saturated heterocycles. The molecular weight excluding hydrogens is 238 g/mol. The highest BCUT2D eigenvalue weighted by molar-refractivity contribution is 5.97. The van der Waals surface area contributed by atoms with Crippen LogP contribution < -0.4 is 4.74 Å². The highest BCUT2D eigenvalue weighted by Crippen LogP contribution is 2.30. The van der Waals surface area contributed by atoms with Gasteiger partial charge in [-0.05, 0) is 32.4 Å². The number of ether oxygens (including phenoxy) is 2. The molecule has 0 radical (unpaired) electrons. The maximum absolute atomic E-state index is 5.81. The van der Waals surface area contributed by atoms with Gasteiger partial charge in [-0.15, -0.1) is 0 Å². The van der Waals surface area contributed by atoms with Crippen LogP contribution in [0.4, 0.5) is 0 Å². The molecule has 3 heteroatoms. The Kier molecular flexibility index (Phi) is 4.25. The Labute approximate surface area is 115 Å². The Morgan fingerprint density at radius 1 is 1.26 bits per heavy atom. The van der Waals surface area contributed by atoms with Crippen LogP contribution in [0.25, 0.3) is 0 Å². The van der Waals surface area contributed by atoms with E-state index in [-0.39, 0.29) is 0 Å². The predicted molar refractivity (Wildman–Crippen MR) is 77.7 cm³/mol. The van der Waals surface area contributed by atoms with E-state index in [0.717, 1.165) is 24.2 Å². The summed E-state index contributed by atoms with van der Waals surface area (Å²) in [4.78, 5) is 4.51. The summed E-state index contributed by atoms with van der Waals surface area (Å²) in [5, 5.41) is 0. The molecule has 0 amide bonds. The van der Waals surface area contributed by atoms with Crippen molar-refractivity contribution in [2.75, 3.05) is 6.61 Å². The lowest BCUT2D eigenvalue weighted by molar-refractivity contribution is 0.109. The summed E-state index contributed by atoms with van der Waals surface area (Å²) < 4.78 is 11.6. The molecular formula is C16H21NO2. The predicted octanol–water partition coefficient (Wildman–Crippen LogP) is 3.93. The summed E-state index contributed by atoms with van der Waals surface area (Å²) in [5.74, 6) is 1.49. The van der Waals surface area contributed by atoms with Gasteiger partial charge >= 0.3 is 0 Å². The topological polar surface area (TPSA) is 30.8 Å². The number of hydrogen-bond acceptors (Lipinski definition) is 3. The molecule has 0 bridgehead atoms. The fraction of sp³-hybridized carbons (Fsp3) is 0.438. The number of allylic oxidation sites excluding steroid dienone is 1. The van der Waals surface area contributed by atoms with Gasteiger partial charge in [-0.25, -0.2) is 4.99 Å². The standard InChI is InChI=1S/C16H21NO2/c1-4-5-6-9-12-18-15-13-10-7-8-11-14(13)19-16(2,3)17-15/h6-11H,4-5,12H2,1-3H3/b9-6+. The molecule has 0 N–H and O–H groups in total. The normalized spacial score (nSPS) is 16.7. The number of rotatable bonds is 4. The van der Waals surface area contributed by atoms with Gasteiger partial charge in [0.25, 0.3) is 0 Å². The molecule has 0 aliphatic carbocycles. The summed E-state index contributed by atoms with van der Waals surface area (Å²) in [6.45, 7) is 6.56. The zero-order valence-corrected chi connectivity index (χ0v) is 11.8. The van der Waals surface area contributed by atoms with Gasteiger partial charge < -0.3 is 9.47 Å². The van der Waals surface area contributed by atoms with Gasteiger partial charge in [0.2, 0.25) is 5.90 Å². The molecule has 0 aromatic heterocycles. The van der Waals surface area contributed by atoms with Crippen molar-refractivity contribution in [3.63, 3.8) is 0 Å². The van der Waals surface area contributed by atoms with Crippen LogP contribution in [0.3, 0.4) is 0 Å². The molecule has 0 spiro atoms. The molecule has 0 saturated carbocycles. The third kappa shape index (κ3) is 3.60. The average molecular weight is 259 g/mol. The van der Waals surface area contributed by atoms with Crippen molar-refractivity contribution < 1.29 is 9.47 Å². The second kappa shape index (κ2) is 5.91. The van der Waals surface area contributed by atoms with E-state index in [1.54, 1.807) is 0 Å². The Morgan fingerprint density at radius 2 is 2.05 bits per heavy atom. The second-order valence-electron chi connectivity index (χ2n) is 5.03. The van der Waals surface area contributed by atoms with Crippen molar-refractivity contribution in [3.8, 4) is 5.75 Å². The quantitative estimate of drug-likeness (QED) is 0.767. The first kappa shape index (κ1) is 13.7. The lowest BCUT2D eigenvalue weighted by Gasteiger charge is -2.29. The van der Waals surface area contributed by atoms with E-state index in [1.807, 2.05) is 44.2 Å². The first-order chi connectivity index (χ1) is 9.12. The Hall–Kier alpha value is -1.77. The van der Waals surface area contributed by atoms with Crippen molar-refractivity contribution in [1.29, 1.82) is 0 Å². The number of aliphatic imine (C=N–C) groups is 1. The molecule has 0 unspecified atom stereocenters. The number of hydrogen-bond donors (Lipinski definition) is 0. The van der Waals surface area contributed by atoms with Crippen molar-refractivity contribution in [2.45, 2.75) is 39.3 Å². The van der Waals surface area contributed by atoms with E-state index in [2.05, 4.69) is 18.0 Å². The minimum Gasteiger partial charge on any atom is -0.473 e. The van der Waals surface area contributed by atoms with Crippen LogP contribution in [0.2, 0.25) is 0 Å². The van der Waals surface area contributed by atoms with Crippen molar-refractivity contribution in [2.24, 2.45) is 4.99 Å². The second-order valence-corrected chi connectivity index (χ2v) is 5.03. The molecule has 0 atom stereocenters. The summed E-state index contributed by atoms with van der Waals surface area (Å²) in [5.41, 5.74) is 0.349. The molecule has 1 aliphatic rings. The van der Waals surface area contributed by atoms with E-state index < -0.39 is 5.72 Å². The minimum absolute atomic E-state index is 0.545. The van der Waals surface area contributed by atoms with E-state index in [1.165, 1.54) is 0 Å². The van der Waals surface area contributed by atoms with Crippen LogP contribution in [0.15, 0.2) is 41.4 Å². The van der Waals surface area contributed by atoms with Gasteiger partial charge in [-0.2, -0.15) is 0 Å². The minimum atomic E-state index is -0.573. The van der Waals surface area contributed by atoms with E-state index in [0.29, 0.717) is 12.5 Å². The van der Waals surface area contributed by atoms with E-state index in [4.69, 9.17) is 9.47 Å². The van der Waals surface area contributed by atoms with Crippen LogP contribution in [-0.4, -0.2) is 18.2 Å². The summed E-state index contributed by atoms with van der Waals surface area (Å²) in [6.07, 6.45) is 6.41. The molecule has 1 heterocycles. The Balaban J connectivity index is 2.11. The maximum Gasteiger partial charge on any atom is 0.223 e. The van der Waals surface area contributed by atoms with Crippen molar-refractivity contribution in [1.82, 2.24) is 0 Å². The van der Waals surface area contributed by atoms with Gasteiger partial charge in [-0.1, -0.05) is 37.6 Å². The third-order valence-corrected chi connectivity index (χ3v) is 2.79. The lowest BCUT2D eigenvalue weighted by atomic mass is 10.1. The van der Waals surface area contributed by atoms with Gasteiger partial charge in [0.1, 0.15) is 12.4 Å². The number of para-hydroxylation sites is 1. The Bertz CT molecular complexity index is 489. The highest BCUT2D eigenvalue weighted by atomic mass is 16.5. The van der Waals surface area contributed by atoms with Gasteiger partial charge in [0.15, 0.2) is 5.72 Å². The zero-order valence-electron chi connectivity index (χ0n) is 11.8. The number of fused-ring (bicyclic) bond motifs is 1. The largest absolute Gasteiger partial charge is 0.473 e. The van der Waals surface area contributed by atoms with Crippen LogP contribution in [0.1, 0.15) is 39.2 Å².